The molecule has 20 heavy (non-hydrogen) atoms. The molecule has 0 fully saturated rings. The van der Waals surface area contributed by atoms with Crippen LogP contribution >= 0.6 is 0 Å². The van der Waals surface area contributed by atoms with Crippen molar-refractivity contribution in [3.63, 3.8) is 0 Å². The van der Waals surface area contributed by atoms with Gasteiger partial charge in [0, 0.05) is 18.1 Å². The predicted octanol–water partition coefficient (Wildman–Crippen LogP) is 1.60. The summed E-state index contributed by atoms with van der Waals surface area (Å²) < 4.78 is 26.5. The maximum Gasteiger partial charge on any atom is 0.265 e. The fourth-order valence-electron chi connectivity index (χ4n) is 1.73. The summed E-state index contributed by atoms with van der Waals surface area (Å²) in [5, 5.41) is 12.8. The lowest BCUT2D eigenvalue weighted by Gasteiger charge is -2.06. The van der Waals surface area contributed by atoms with Gasteiger partial charge in [-0.25, -0.2) is 8.42 Å². The third-order valence-corrected chi connectivity index (χ3v) is 4.08. The van der Waals surface area contributed by atoms with Gasteiger partial charge in [-0.05, 0) is 23.8 Å². The van der Waals surface area contributed by atoms with Gasteiger partial charge in [-0.15, -0.1) is 0 Å². The molecular weight excluding hydrogens is 278 g/mol. The molecule has 0 spiro atoms. The largest absolute Gasteiger partial charge is 0.284 e. The third-order valence-electron chi connectivity index (χ3n) is 2.73. The first kappa shape index (κ1) is 12.4. The first-order chi connectivity index (χ1) is 9.65. The Hall–Kier alpha value is -2.61. The third kappa shape index (κ3) is 2.41. The second-order valence-corrected chi connectivity index (χ2v) is 5.77. The second kappa shape index (κ2) is 4.82. The molecule has 0 radical (unpaired) electrons. The van der Waals surface area contributed by atoms with Gasteiger partial charge < -0.3 is 0 Å². The molecule has 0 saturated carbocycles. The molecule has 2 heterocycles. The van der Waals surface area contributed by atoms with Crippen LogP contribution in [0.25, 0.3) is 11.3 Å². The van der Waals surface area contributed by atoms with Gasteiger partial charge in [0.1, 0.15) is 4.90 Å². The van der Waals surface area contributed by atoms with Crippen molar-refractivity contribution in [3.05, 3.63) is 48.9 Å². The highest BCUT2D eigenvalue weighted by Gasteiger charge is 2.15. The number of sulfonamides is 1. The Balaban J connectivity index is 1.83. The van der Waals surface area contributed by atoms with E-state index < -0.39 is 10.0 Å². The Morgan fingerprint density at radius 2 is 1.85 bits per heavy atom. The molecule has 0 saturated heterocycles. The van der Waals surface area contributed by atoms with Gasteiger partial charge in [-0.1, -0.05) is 12.1 Å². The number of H-pyrrole nitrogens is 2. The van der Waals surface area contributed by atoms with Crippen LogP contribution in [-0.2, 0) is 10.0 Å². The predicted molar refractivity (Wildman–Crippen MR) is 73.4 cm³/mol. The Labute approximate surface area is 115 Å². The van der Waals surface area contributed by atoms with Gasteiger partial charge >= 0.3 is 0 Å². The molecule has 0 aliphatic rings. The zero-order chi connectivity index (χ0) is 14.0. The van der Waals surface area contributed by atoms with Gasteiger partial charge in [0.05, 0.1) is 11.9 Å². The van der Waals surface area contributed by atoms with Crippen molar-refractivity contribution in [1.82, 2.24) is 20.4 Å². The molecule has 1 aromatic carbocycles. The van der Waals surface area contributed by atoms with E-state index in [-0.39, 0.29) is 4.90 Å². The summed E-state index contributed by atoms with van der Waals surface area (Å²) >= 11 is 0. The molecule has 0 unspecified atom stereocenters. The van der Waals surface area contributed by atoms with E-state index in [2.05, 4.69) is 25.1 Å². The molecule has 2 aromatic heterocycles. The fraction of sp³-hybridized carbons (Fsp3) is 0. The van der Waals surface area contributed by atoms with E-state index in [1.807, 2.05) is 6.07 Å². The van der Waals surface area contributed by atoms with Gasteiger partial charge in [0.25, 0.3) is 10.0 Å². The number of nitrogens with zero attached hydrogens (tertiary/aromatic N) is 2. The summed E-state index contributed by atoms with van der Waals surface area (Å²) in [7, 11) is -3.60. The van der Waals surface area contributed by atoms with Crippen LogP contribution in [-0.4, -0.2) is 28.8 Å². The maximum absolute atomic E-state index is 12.0. The van der Waals surface area contributed by atoms with Crippen LogP contribution in [0.3, 0.4) is 0 Å². The quantitative estimate of drug-likeness (QED) is 0.678. The monoisotopic (exact) mass is 289 g/mol. The Kier molecular flexibility index (Phi) is 2.99. The normalized spacial score (nSPS) is 11.4. The summed E-state index contributed by atoms with van der Waals surface area (Å²) in [6.45, 7) is 0. The molecule has 8 heteroatoms. The van der Waals surface area contributed by atoms with Crippen LogP contribution in [0, 0.1) is 0 Å². The number of anilines is 1. The van der Waals surface area contributed by atoms with Crippen molar-refractivity contribution in [3.8, 4) is 11.3 Å². The smallest absolute Gasteiger partial charge is 0.265 e. The first-order valence-corrected chi connectivity index (χ1v) is 7.25. The van der Waals surface area contributed by atoms with Crippen LogP contribution in [0.15, 0.2) is 53.8 Å². The fourth-order valence-corrected chi connectivity index (χ4v) is 2.70. The van der Waals surface area contributed by atoms with E-state index in [0.717, 1.165) is 11.3 Å². The zero-order valence-corrected chi connectivity index (χ0v) is 11.1. The Bertz CT molecular complexity index is 777. The molecule has 3 N–H and O–H groups in total. The molecule has 0 atom stereocenters. The standard InChI is InChI=1S/C12H11N5O2S/c18-20(19,11-7-14-15-8-11)17-10-3-1-9(2-4-10)12-5-6-13-16-12/h1-8,17H,(H,13,16)(H,14,15). The Morgan fingerprint density at radius 3 is 2.45 bits per heavy atom. The highest BCUT2D eigenvalue weighted by molar-refractivity contribution is 7.92. The lowest BCUT2D eigenvalue weighted by Crippen LogP contribution is -2.12. The van der Waals surface area contributed by atoms with Crippen molar-refractivity contribution in [2.75, 3.05) is 4.72 Å². The number of benzene rings is 1. The number of aromatic amines is 2. The summed E-state index contributed by atoms with van der Waals surface area (Å²) in [5.41, 5.74) is 2.28. The van der Waals surface area contributed by atoms with E-state index in [0.29, 0.717) is 5.69 Å². The van der Waals surface area contributed by atoms with Gasteiger partial charge in [-0.3, -0.25) is 14.9 Å². The Morgan fingerprint density at radius 1 is 1.05 bits per heavy atom. The van der Waals surface area contributed by atoms with Crippen LogP contribution < -0.4 is 4.72 Å². The first-order valence-electron chi connectivity index (χ1n) is 5.76. The highest BCUT2D eigenvalue weighted by Crippen LogP contribution is 2.20. The van der Waals surface area contributed by atoms with Crippen molar-refractivity contribution in [2.45, 2.75) is 4.90 Å². The SMILES string of the molecule is O=S(=O)(Nc1ccc(-c2ccn[nH]2)cc1)c1cn[nH]c1. The van der Waals surface area contributed by atoms with Crippen molar-refractivity contribution in [1.29, 1.82) is 0 Å². The van der Waals surface area contributed by atoms with Crippen LogP contribution in [0.4, 0.5) is 5.69 Å². The minimum Gasteiger partial charge on any atom is -0.284 e. The van der Waals surface area contributed by atoms with Gasteiger partial charge in [0.2, 0.25) is 0 Å². The number of hydrogen-bond acceptors (Lipinski definition) is 4. The van der Waals surface area contributed by atoms with Crippen molar-refractivity contribution >= 4 is 15.7 Å². The number of rotatable bonds is 4. The van der Waals surface area contributed by atoms with E-state index in [4.69, 9.17) is 0 Å². The van der Waals surface area contributed by atoms with E-state index in [1.54, 1.807) is 30.5 Å². The van der Waals surface area contributed by atoms with Crippen LogP contribution in [0.5, 0.6) is 0 Å². The molecule has 0 aliphatic carbocycles. The van der Waals surface area contributed by atoms with Crippen LogP contribution in [0.2, 0.25) is 0 Å². The lowest BCUT2D eigenvalue weighted by molar-refractivity contribution is 0.601. The summed E-state index contributed by atoms with van der Waals surface area (Å²) in [5.74, 6) is 0. The van der Waals surface area contributed by atoms with E-state index >= 15 is 0 Å². The minimum absolute atomic E-state index is 0.0927. The summed E-state index contributed by atoms with van der Waals surface area (Å²) in [6.07, 6.45) is 4.23. The maximum atomic E-state index is 12.0. The molecule has 7 nitrogen and oxygen atoms in total. The topological polar surface area (TPSA) is 104 Å². The summed E-state index contributed by atoms with van der Waals surface area (Å²) in [4.78, 5) is 0.0927. The minimum atomic E-state index is -3.60. The van der Waals surface area contributed by atoms with Gasteiger partial charge in [0.15, 0.2) is 0 Å². The average molecular weight is 289 g/mol. The zero-order valence-electron chi connectivity index (χ0n) is 10.2. The molecule has 0 aliphatic heterocycles. The molecule has 102 valence electrons. The van der Waals surface area contributed by atoms with Crippen molar-refractivity contribution < 1.29 is 8.42 Å². The van der Waals surface area contributed by atoms with Crippen LogP contribution in [0.1, 0.15) is 0 Å². The second-order valence-electron chi connectivity index (χ2n) is 4.09. The molecule has 0 amide bonds. The molecular formula is C12H11N5O2S. The number of hydrogen-bond donors (Lipinski definition) is 3. The average Bonchev–Trinajstić information content (AvgIpc) is 3.13. The highest BCUT2D eigenvalue weighted by atomic mass is 32.2. The molecule has 0 bridgehead atoms. The summed E-state index contributed by atoms with van der Waals surface area (Å²) in [6, 6.07) is 8.83. The van der Waals surface area contributed by atoms with Crippen molar-refractivity contribution in [2.24, 2.45) is 0 Å². The number of aromatic nitrogens is 4. The van der Waals surface area contributed by atoms with E-state index in [1.165, 1.54) is 12.4 Å². The molecule has 3 rings (SSSR count). The number of nitrogens with one attached hydrogen (secondary N) is 3. The van der Waals surface area contributed by atoms with Gasteiger partial charge in [-0.2, -0.15) is 10.2 Å². The van der Waals surface area contributed by atoms with E-state index in [9.17, 15) is 8.42 Å². The molecule has 3 aromatic rings. The lowest BCUT2D eigenvalue weighted by atomic mass is 10.1.